The fourth-order valence-electron chi connectivity index (χ4n) is 9.11. The van der Waals surface area contributed by atoms with E-state index in [4.69, 9.17) is 14.2 Å². The van der Waals surface area contributed by atoms with Crippen molar-refractivity contribution in [2.45, 2.75) is 110 Å². The molecule has 6 nitrogen and oxygen atoms in total. The zero-order valence-corrected chi connectivity index (χ0v) is 20.3. The number of hydrogen-bond acceptors (Lipinski definition) is 6. The predicted octanol–water partition coefficient (Wildman–Crippen LogP) is 4.02. The van der Waals surface area contributed by atoms with Gasteiger partial charge in [0.25, 0.3) is 0 Å². The molecule has 32 heavy (non-hydrogen) atoms. The second-order valence-electron chi connectivity index (χ2n) is 12.3. The van der Waals surface area contributed by atoms with Crippen LogP contribution in [0.3, 0.4) is 0 Å². The van der Waals surface area contributed by atoms with Gasteiger partial charge in [-0.2, -0.15) is 0 Å². The van der Waals surface area contributed by atoms with Gasteiger partial charge in [0.15, 0.2) is 18.0 Å². The molecule has 9 atom stereocenters. The van der Waals surface area contributed by atoms with Gasteiger partial charge in [-0.25, -0.2) is 0 Å². The molecule has 1 aliphatic heterocycles. The number of aliphatic hydroxyl groups excluding tert-OH is 1. The number of esters is 1. The summed E-state index contributed by atoms with van der Waals surface area (Å²) in [5.74, 6) is 0.705. The molecule has 0 amide bonds. The quantitative estimate of drug-likeness (QED) is 0.657. The fourth-order valence-corrected chi connectivity index (χ4v) is 9.11. The third kappa shape index (κ3) is 3.01. The van der Waals surface area contributed by atoms with Crippen LogP contribution in [0.1, 0.15) is 86.0 Å². The molecule has 0 unspecified atom stereocenters. The lowest BCUT2D eigenvalue weighted by Gasteiger charge is -2.61. The van der Waals surface area contributed by atoms with E-state index in [1.807, 2.05) is 13.8 Å². The van der Waals surface area contributed by atoms with Gasteiger partial charge in [-0.3, -0.25) is 9.59 Å². The van der Waals surface area contributed by atoms with Crippen LogP contribution in [0.2, 0.25) is 0 Å². The Morgan fingerprint density at radius 3 is 2.47 bits per heavy atom. The zero-order valence-electron chi connectivity index (χ0n) is 20.3. The minimum atomic E-state index is -1.05. The molecule has 0 aromatic carbocycles. The minimum absolute atomic E-state index is 0.143. The minimum Gasteiger partial charge on any atom is -0.458 e. The van der Waals surface area contributed by atoms with Crippen molar-refractivity contribution in [3.8, 4) is 0 Å². The summed E-state index contributed by atoms with van der Waals surface area (Å²) in [5.41, 5.74) is -1.11. The van der Waals surface area contributed by atoms with Crippen molar-refractivity contribution in [2.24, 2.45) is 34.5 Å². The van der Waals surface area contributed by atoms with Gasteiger partial charge in [0, 0.05) is 12.3 Å². The Hall–Kier alpha value is -0.980. The van der Waals surface area contributed by atoms with Crippen LogP contribution in [-0.2, 0) is 23.8 Å². The van der Waals surface area contributed by atoms with E-state index in [1.165, 1.54) is 6.92 Å². The molecule has 0 spiro atoms. The summed E-state index contributed by atoms with van der Waals surface area (Å²) in [7, 11) is 0. The number of fused-ring (bicyclic) bond motifs is 7. The average molecular weight is 449 g/mol. The molecule has 4 saturated carbocycles. The van der Waals surface area contributed by atoms with Crippen LogP contribution in [0.4, 0.5) is 0 Å². The summed E-state index contributed by atoms with van der Waals surface area (Å²) in [5, 5.41) is 10.3. The van der Waals surface area contributed by atoms with Crippen LogP contribution in [0, 0.1) is 34.5 Å². The first-order valence-corrected chi connectivity index (χ1v) is 12.7. The van der Waals surface area contributed by atoms with Gasteiger partial charge in [-0.05, 0) is 94.3 Å². The smallest absolute Gasteiger partial charge is 0.303 e. The predicted molar refractivity (Wildman–Crippen MR) is 118 cm³/mol. The lowest BCUT2D eigenvalue weighted by atomic mass is 9.44. The first-order chi connectivity index (χ1) is 14.9. The summed E-state index contributed by atoms with van der Waals surface area (Å²) in [6.45, 7) is 9.56. The standard InChI is InChI=1S/C26H40O6/c1-15(27)30-14-21(29)26-22(31-23(2,3)32-26)13-20-18-7-6-16-12-17(28)8-10-24(16,4)19(18)9-11-25(20,26)5/h16-20,22,28H,6-14H2,1-5H3/t16-,17+,18-,19+,20-,22-,24+,25+,26-/m1/s1. The van der Waals surface area contributed by atoms with Crippen LogP contribution in [0.25, 0.3) is 0 Å². The Bertz CT molecular complexity index is 808. The van der Waals surface area contributed by atoms with Gasteiger partial charge in [-0.15, -0.1) is 0 Å². The Morgan fingerprint density at radius 1 is 1.00 bits per heavy atom. The Labute approximate surface area is 191 Å². The van der Waals surface area contributed by atoms with E-state index >= 15 is 0 Å². The largest absolute Gasteiger partial charge is 0.458 e. The van der Waals surface area contributed by atoms with Crippen molar-refractivity contribution in [2.75, 3.05) is 6.61 Å². The molecular formula is C26H40O6. The Kier molecular flexibility index (Phi) is 5.17. The van der Waals surface area contributed by atoms with Crippen molar-refractivity contribution in [3.63, 3.8) is 0 Å². The average Bonchev–Trinajstić information content (AvgIpc) is 3.12. The number of carbonyl (C=O) groups excluding carboxylic acids is 2. The summed E-state index contributed by atoms with van der Waals surface area (Å²) in [6, 6.07) is 0. The molecule has 5 fully saturated rings. The molecule has 0 radical (unpaired) electrons. The van der Waals surface area contributed by atoms with E-state index in [-0.39, 0.29) is 35.4 Å². The van der Waals surface area contributed by atoms with Crippen LogP contribution in [0.15, 0.2) is 0 Å². The number of hydrogen-bond donors (Lipinski definition) is 1. The molecule has 0 aromatic rings. The van der Waals surface area contributed by atoms with Gasteiger partial charge in [0.2, 0.25) is 5.78 Å². The SMILES string of the molecule is CC(=O)OCC(=O)[C@@]12OC(C)(C)O[C@@H]1C[C@@H]1[C@@H]3CC[C@@H]4C[C@@H](O)CC[C@]4(C)[C@H]3CC[C@@]12C. The first kappa shape index (κ1) is 22.8. The van der Waals surface area contributed by atoms with Crippen molar-refractivity contribution in [1.29, 1.82) is 0 Å². The van der Waals surface area contributed by atoms with Gasteiger partial charge < -0.3 is 19.3 Å². The van der Waals surface area contributed by atoms with E-state index in [2.05, 4.69) is 13.8 Å². The number of rotatable bonds is 3. The van der Waals surface area contributed by atoms with Gasteiger partial charge in [0.05, 0.1) is 12.2 Å². The fraction of sp³-hybridized carbons (Fsp3) is 0.923. The Morgan fingerprint density at radius 2 is 1.75 bits per heavy atom. The molecule has 4 aliphatic carbocycles. The molecule has 1 N–H and O–H groups in total. The van der Waals surface area contributed by atoms with Crippen LogP contribution in [0.5, 0.6) is 0 Å². The number of ether oxygens (including phenoxy) is 3. The summed E-state index contributed by atoms with van der Waals surface area (Å²) >= 11 is 0. The highest BCUT2D eigenvalue weighted by Crippen LogP contribution is 2.71. The maximum atomic E-state index is 13.7. The van der Waals surface area contributed by atoms with E-state index in [0.29, 0.717) is 23.7 Å². The molecule has 6 heteroatoms. The van der Waals surface area contributed by atoms with Crippen molar-refractivity contribution < 1.29 is 28.9 Å². The van der Waals surface area contributed by atoms with E-state index in [0.717, 1.165) is 51.4 Å². The second-order valence-corrected chi connectivity index (χ2v) is 12.3. The third-order valence-corrected chi connectivity index (χ3v) is 10.5. The molecule has 1 heterocycles. The highest BCUT2D eigenvalue weighted by atomic mass is 16.8. The Balaban J connectivity index is 1.48. The van der Waals surface area contributed by atoms with Gasteiger partial charge in [-0.1, -0.05) is 13.8 Å². The molecule has 5 aliphatic rings. The molecule has 0 bridgehead atoms. The summed E-state index contributed by atoms with van der Waals surface area (Å²) in [6.07, 6.45) is 7.66. The lowest BCUT2D eigenvalue weighted by molar-refractivity contribution is -0.221. The number of aliphatic hydroxyl groups is 1. The highest BCUT2D eigenvalue weighted by molar-refractivity contribution is 5.92. The maximum Gasteiger partial charge on any atom is 0.303 e. The van der Waals surface area contributed by atoms with Crippen LogP contribution in [-0.4, -0.2) is 47.1 Å². The van der Waals surface area contributed by atoms with Gasteiger partial charge in [0.1, 0.15) is 0 Å². The van der Waals surface area contributed by atoms with Gasteiger partial charge >= 0.3 is 5.97 Å². The second kappa shape index (κ2) is 7.26. The van der Waals surface area contributed by atoms with E-state index in [1.54, 1.807) is 0 Å². The van der Waals surface area contributed by atoms with Crippen molar-refractivity contribution in [1.82, 2.24) is 0 Å². The first-order valence-electron chi connectivity index (χ1n) is 12.7. The van der Waals surface area contributed by atoms with E-state index < -0.39 is 17.4 Å². The number of Topliss-reactive ketones (excluding diaryl/α,β-unsaturated/α-hetero) is 1. The zero-order chi connectivity index (χ0) is 23.1. The van der Waals surface area contributed by atoms with Crippen molar-refractivity contribution >= 4 is 11.8 Å². The molecule has 180 valence electrons. The topological polar surface area (TPSA) is 82.1 Å². The normalized spacial score (nSPS) is 51.2. The van der Waals surface area contributed by atoms with Crippen molar-refractivity contribution in [3.05, 3.63) is 0 Å². The monoisotopic (exact) mass is 448 g/mol. The highest BCUT2D eigenvalue weighted by Gasteiger charge is 2.76. The third-order valence-electron chi connectivity index (χ3n) is 10.5. The van der Waals surface area contributed by atoms with Crippen LogP contribution >= 0.6 is 0 Å². The summed E-state index contributed by atoms with van der Waals surface area (Å²) in [4.78, 5) is 25.1. The molecule has 1 saturated heterocycles. The number of ketones is 1. The molecule has 5 rings (SSSR count). The summed E-state index contributed by atoms with van der Waals surface area (Å²) < 4.78 is 18.1. The number of carbonyl (C=O) groups is 2. The lowest BCUT2D eigenvalue weighted by Crippen LogP contribution is -2.62. The maximum absolute atomic E-state index is 13.7. The molecular weight excluding hydrogens is 408 g/mol. The van der Waals surface area contributed by atoms with Crippen LogP contribution < -0.4 is 0 Å². The van der Waals surface area contributed by atoms with E-state index in [9.17, 15) is 14.7 Å². The molecule has 0 aromatic heterocycles.